The third-order valence-electron chi connectivity index (χ3n) is 4.83. The summed E-state index contributed by atoms with van der Waals surface area (Å²) in [7, 11) is 0. The summed E-state index contributed by atoms with van der Waals surface area (Å²) in [6.45, 7) is -0.402. The largest absolute Gasteiger partial charge is 0.508 e. The standard InChI is InChI=1S/C20H18O11/c21-7-1-2-9(10(23)3-7)18-19(31-20-17(28)15(26)12(25)6-29-20)16(27)14-11(24)4-8(22)5-13(14)30-18/h1-5,12,15,17,20-26,28H,6H2/t12-,15+,17+,20+/m1/s1. The van der Waals surface area contributed by atoms with E-state index in [4.69, 9.17) is 13.9 Å². The lowest BCUT2D eigenvalue weighted by Gasteiger charge is -2.34. The maximum atomic E-state index is 13.2. The number of aliphatic hydroxyl groups excluding tert-OH is 3. The molecule has 0 amide bonds. The van der Waals surface area contributed by atoms with Crippen LogP contribution in [0.15, 0.2) is 39.5 Å². The summed E-state index contributed by atoms with van der Waals surface area (Å²) in [5.74, 6) is -2.73. The topological polar surface area (TPSA) is 190 Å². The van der Waals surface area contributed by atoms with E-state index in [-0.39, 0.29) is 28.0 Å². The first kappa shape index (κ1) is 20.8. The molecular weight excluding hydrogens is 416 g/mol. The molecule has 0 radical (unpaired) electrons. The van der Waals surface area contributed by atoms with Crippen molar-refractivity contribution < 1.29 is 49.6 Å². The van der Waals surface area contributed by atoms with Crippen molar-refractivity contribution in [1.82, 2.24) is 0 Å². The second-order valence-corrected chi connectivity index (χ2v) is 7.00. The average molecular weight is 434 g/mol. The third-order valence-corrected chi connectivity index (χ3v) is 4.83. The second kappa shape index (κ2) is 7.63. The van der Waals surface area contributed by atoms with Gasteiger partial charge < -0.3 is 49.6 Å². The van der Waals surface area contributed by atoms with Crippen LogP contribution in [-0.4, -0.2) is 67.0 Å². The predicted octanol–water partition coefficient (Wildman–Crippen LogP) is 0.100. The molecule has 1 aliphatic heterocycles. The zero-order valence-corrected chi connectivity index (χ0v) is 15.7. The number of rotatable bonds is 3. The van der Waals surface area contributed by atoms with Gasteiger partial charge in [-0.1, -0.05) is 0 Å². The molecule has 1 fully saturated rings. The number of ether oxygens (including phenoxy) is 2. The van der Waals surface area contributed by atoms with Crippen LogP contribution in [0.3, 0.4) is 0 Å². The Kier molecular flexibility index (Phi) is 5.11. The molecule has 0 saturated carbocycles. The molecule has 4 rings (SSSR count). The summed E-state index contributed by atoms with van der Waals surface area (Å²) in [4.78, 5) is 13.2. The quantitative estimate of drug-likeness (QED) is 0.296. The fraction of sp³-hybridized carbons (Fsp3) is 0.250. The SMILES string of the molecule is O=c1c(O[C@@H]2OC[C@@H](O)[C@H](O)[C@@H]2O)c(-c2ccc(O)cc2O)oc2cc(O)cc(O)c12. The first-order valence-corrected chi connectivity index (χ1v) is 9.05. The minimum atomic E-state index is -1.74. The predicted molar refractivity (Wildman–Crippen MR) is 103 cm³/mol. The number of fused-ring (bicyclic) bond motifs is 1. The van der Waals surface area contributed by atoms with Crippen molar-refractivity contribution in [2.45, 2.75) is 24.6 Å². The Bertz CT molecular complexity index is 1200. The molecule has 1 aliphatic rings. The molecule has 0 unspecified atom stereocenters. The Morgan fingerprint density at radius 2 is 1.61 bits per heavy atom. The molecule has 2 heterocycles. The van der Waals surface area contributed by atoms with Gasteiger partial charge in [-0.25, -0.2) is 0 Å². The van der Waals surface area contributed by atoms with Gasteiger partial charge in [0.05, 0.1) is 12.2 Å². The molecule has 3 aromatic rings. The maximum Gasteiger partial charge on any atom is 0.239 e. The van der Waals surface area contributed by atoms with Crippen LogP contribution in [0.5, 0.6) is 28.7 Å². The summed E-state index contributed by atoms with van der Waals surface area (Å²) in [5.41, 5.74) is -1.27. The van der Waals surface area contributed by atoms with Gasteiger partial charge in [0.25, 0.3) is 0 Å². The molecule has 0 aliphatic carbocycles. The molecule has 164 valence electrons. The Morgan fingerprint density at radius 1 is 0.903 bits per heavy atom. The van der Waals surface area contributed by atoms with Crippen molar-refractivity contribution >= 4 is 11.0 Å². The van der Waals surface area contributed by atoms with E-state index in [1.54, 1.807) is 0 Å². The summed E-state index contributed by atoms with van der Waals surface area (Å²) >= 11 is 0. The zero-order valence-electron chi connectivity index (χ0n) is 15.7. The van der Waals surface area contributed by atoms with Crippen LogP contribution in [0, 0.1) is 0 Å². The molecule has 31 heavy (non-hydrogen) atoms. The van der Waals surface area contributed by atoms with E-state index in [0.717, 1.165) is 18.2 Å². The van der Waals surface area contributed by atoms with Gasteiger partial charge in [0.1, 0.15) is 52.3 Å². The fourth-order valence-corrected chi connectivity index (χ4v) is 3.26. The maximum absolute atomic E-state index is 13.2. The molecule has 2 aromatic carbocycles. The van der Waals surface area contributed by atoms with Crippen molar-refractivity contribution in [3.63, 3.8) is 0 Å². The highest BCUT2D eigenvalue weighted by Crippen LogP contribution is 2.40. The van der Waals surface area contributed by atoms with Gasteiger partial charge in [-0.2, -0.15) is 0 Å². The number of aromatic hydroxyl groups is 4. The minimum Gasteiger partial charge on any atom is -0.508 e. The smallest absolute Gasteiger partial charge is 0.239 e. The molecule has 11 nitrogen and oxygen atoms in total. The number of phenolic OH excluding ortho intramolecular Hbond substituents is 4. The van der Waals surface area contributed by atoms with Gasteiger partial charge >= 0.3 is 0 Å². The molecular formula is C20H18O11. The number of aliphatic hydroxyl groups is 3. The number of hydrogen-bond acceptors (Lipinski definition) is 11. The van der Waals surface area contributed by atoms with Crippen molar-refractivity contribution in [2.24, 2.45) is 0 Å². The Morgan fingerprint density at radius 3 is 2.32 bits per heavy atom. The second-order valence-electron chi connectivity index (χ2n) is 7.00. The van der Waals surface area contributed by atoms with Gasteiger partial charge in [0, 0.05) is 18.2 Å². The third kappa shape index (κ3) is 3.59. The molecule has 7 N–H and O–H groups in total. The highest BCUT2D eigenvalue weighted by atomic mass is 16.7. The van der Waals surface area contributed by atoms with E-state index in [9.17, 15) is 40.5 Å². The van der Waals surface area contributed by atoms with Crippen LogP contribution in [0.4, 0.5) is 0 Å². The van der Waals surface area contributed by atoms with Crippen LogP contribution in [-0.2, 0) is 4.74 Å². The van der Waals surface area contributed by atoms with Gasteiger partial charge in [0.15, 0.2) is 5.76 Å². The molecule has 4 atom stereocenters. The summed E-state index contributed by atoms with van der Waals surface area (Å²) < 4.78 is 16.3. The van der Waals surface area contributed by atoms with E-state index < -0.39 is 59.6 Å². The van der Waals surface area contributed by atoms with Crippen molar-refractivity contribution in [1.29, 1.82) is 0 Å². The lowest BCUT2D eigenvalue weighted by Crippen LogP contribution is -2.55. The molecule has 0 bridgehead atoms. The monoisotopic (exact) mass is 434 g/mol. The van der Waals surface area contributed by atoms with E-state index >= 15 is 0 Å². The highest BCUT2D eigenvalue weighted by Gasteiger charge is 2.40. The number of benzene rings is 2. The van der Waals surface area contributed by atoms with E-state index in [2.05, 4.69) is 0 Å². The first-order chi connectivity index (χ1) is 14.7. The van der Waals surface area contributed by atoms with Gasteiger partial charge in [-0.05, 0) is 12.1 Å². The molecule has 1 saturated heterocycles. The van der Waals surface area contributed by atoms with Crippen LogP contribution in [0.2, 0.25) is 0 Å². The molecule has 0 spiro atoms. The minimum absolute atomic E-state index is 0.0967. The van der Waals surface area contributed by atoms with Crippen molar-refractivity contribution in [3.8, 4) is 40.1 Å². The lowest BCUT2D eigenvalue weighted by molar-refractivity contribution is -0.242. The van der Waals surface area contributed by atoms with Crippen LogP contribution < -0.4 is 10.2 Å². The summed E-state index contributed by atoms with van der Waals surface area (Å²) in [6.07, 6.45) is -6.35. The van der Waals surface area contributed by atoms with E-state index in [1.165, 1.54) is 12.1 Å². The van der Waals surface area contributed by atoms with Crippen LogP contribution in [0.1, 0.15) is 0 Å². The fourth-order valence-electron chi connectivity index (χ4n) is 3.26. The Balaban J connectivity index is 1.93. The van der Waals surface area contributed by atoms with E-state index in [1.807, 2.05) is 0 Å². The number of phenols is 4. The normalized spacial score (nSPS) is 23.7. The van der Waals surface area contributed by atoms with Gasteiger partial charge in [0.2, 0.25) is 17.5 Å². The highest BCUT2D eigenvalue weighted by molar-refractivity contribution is 5.88. The summed E-state index contributed by atoms with van der Waals surface area (Å²) in [6, 6.07) is 5.38. The van der Waals surface area contributed by atoms with E-state index in [0.29, 0.717) is 0 Å². The Labute approximate surface area is 173 Å². The van der Waals surface area contributed by atoms with Gasteiger partial charge in [-0.15, -0.1) is 0 Å². The molecule has 1 aromatic heterocycles. The first-order valence-electron chi connectivity index (χ1n) is 9.05. The van der Waals surface area contributed by atoms with Crippen LogP contribution in [0.25, 0.3) is 22.3 Å². The van der Waals surface area contributed by atoms with Crippen molar-refractivity contribution in [3.05, 3.63) is 40.6 Å². The summed E-state index contributed by atoms with van der Waals surface area (Å²) in [5, 5.41) is 68.9. The lowest BCUT2D eigenvalue weighted by atomic mass is 10.1. The van der Waals surface area contributed by atoms with Crippen molar-refractivity contribution in [2.75, 3.05) is 6.61 Å². The average Bonchev–Trinajstić information content (AvgIpc) is 2.69. The molecule has 11 heteroatoms. The van der Waals surface area contributed by atoms with Gasteiger partial charge in [-0.3, -0.25) is 4.79 Å². The number of hydrogen-bond donors (Lipinski definition) is 7. The Hall–Kier alpha value is -3.51. The van der Waals surface area contributed by atoms with Crippen LogP contribution >= 0.6 is 0 Å². The zero-order chi connectivity index (χ0) is 22.4.